The SMILES string of the molecule is Fc1cc(Cl)c(NC2CC3CC=CC32)c(Cl)c1. The van der Waals surface area contributed by atoms with Crippen LogP contribution in [0.15, 0.2) is 24.3 Å². The summed E-state index contributed by atoms with van der Waals surface area (Å²) in [6.45, 7) is 0. The fourth-order valence-corrected chi connectivity index (χ4v) is 3.32. The molecule has 1 aromatic rings. The molecule has 2 aliphatic carbocycles. The van der Waals surface area contributed by atoms with Crippen LogP contribution in [-0.2, 0) is 0 Å². The van der Waals surface area contributed by atoms with Gasteiger partial charge in [-0.15, -0.1) is 0 Å². The van der Waals surface area contributed by atoms with Gasteiger partial charge in [-0.1, -0.05) is 35.4 Å². The second-order valence-electron chi connectivity index (χ2n) is 4.73. The van der Waals surface area contributed by atoms with Crippen LogP contribution in [0.3, 0.4) is 0 Å². The van der Waals surface area contributed by atoms with Gasteiger partial charge in [-0.3, -0.25) is 0 Å². The van der Waals surface area contributed by atoms with Gasteiger partial charge in [-0.05, 0) is 30.9 Å². The second-order valence-corrected chi connectivity index (χ2v) is 5.55. The van der Waals surface area contributed by atoms with Crippen molar-refractivity contribution >= 4 is 28.9 Å². The van der Waals surface area contributed by atoms with Crippen LogP contribution in [0.4, 0.5) is 10.1 Å². The van der Waals surface area contributed by atoms with Crippen LogP contribution in [0.5, 0.6) is 0 Å². The molecule has 4 heteroatoms. The Morgan fingerprint density at radius 3 is 2.59 bits per heavy atom. The Morgan fingerprint density at radius 1 is 1.24 bits per heavy atom. The highest BCUT2D eigenvalue weighted by atomic mass is 35.5. The summed E-state index contributed by atoms with van der Waals surface area (Å²) < 4.78 is 13.0. The van der Waals surface area contributed by atoms with Crippen LogP contribution in [-0.4, -0.2) is 6.04 Å². The van der Waals surface area contributed by atoms with Gasteiger partial charge in [-0.2, -0.15) is 0 Å². The summed E-state index contributed by atoms with van der Waals surface area (Å²) in [5.74, 6) is 0.940. The van der Waals surface area contributed by atoms with Gasteiger partial charge in [0.15, 0.2) is 0 Å². The van der Waals surface area contributed by atoms with E-state index in [2.05, 4.69) is 17.5 Å². The molecule has 0 bridgehead atoms. The zero-order valence-electron chi connectivity index (χ0n) is 9.09. The first kappa shape index (κ1) is 11.4. The summed E-state index contributed by atoms with van der Waals surface area (Å²) in [4.78, 5) is 0. The van der Waals surface area contributed by atoms with Gasteiger partial charge in [0.1, 0.15) is 5.82 Å². The predicted molar refractivity (Wildman–Crippen MR) is 69.2 cm³/mol. The van der Waals surface area contributed by atoms with E-state index in [1.54, 1.807) is 0 Å². The lowest BCUT2D eigenvalue weighted by molar-refractivity contribution is 0.218. The first-order valence-corrected chi connectivity index (χ1v) is 6.48. The van der Waals surface area contributed by atoms with Crippen LogP contribution in [0.2, 0.25) is 10.0 Å². The number of hydrogen-bond acceptors (Lipinski definition) is 1. The maximum Gasteiger partial charge on any atom is 0.126 e. The van der Waals surface area contributed by atoms with E-state index in [0.29, 0.717) is 27.7 Å². The zero-order chi connectivity index (χ0) is 12.0. The monoisotopic (exact) mass is 271 g/mol. The van der Waals surface area contributed by atoms with Gasteiger partial charge in [0.05, 0.1) is 15.7 Å². The average molecular weight is 272 g/mol. The number of rotatable bonds is 2. The fourth-order valence-electron chi connectivity index (χ4n) is 2.75. The number of anilines is 1. The summed E-state index contributed by atoms with van der Waals surface area (Å²) in [7, 11) is 0. The summed E-state index contributed by atoms with van der Waals surface area (Å²) in [6.07, 6.45) is 6.78. The summed E-state index contributed by atoms with van der Waals surface area (Å²) >= 11 is 12.0. The summed E-state index contributed by atoms with van der Waals surface area (Å²) in [6, 6.07) is 2.95. The zero-order valence-corrected chi connectivity index (χ0v) is 10.6. The van der Waals surface area contributed by atoms with E-state index in [-0.39, 0.29) is 0 Å². The number of nitrogens with one attached hydrogen (secondary N) is 1. The first-order chi connectivity index (χ1) is 8.15. The number of fused-ring (bicyclic) bond motifs is 1. The van der Waals surface area contributed by atoms with Crippen LogP contribution >= 0.6 is 23.2 Å². The fraction of sp³-hybridized carbons (Fsp3) is 0.385. The van der Waals surface area contributed by atoms with Gasteiger partial charge in [0.2, 0.25) is 0 Å². The van der Waals surface area contributed by atoms with E-state index in [4.69, 9.17) is 23.2 Å². The van der Waals surface area contributed by atoms with E-state index in [0.717, 1.165) is 12.3 Å². The molecule has 0 aliphatic heterocycles. The molecule has 3 atom stereocenters. The van der Waals surface area contributed by atoms with Crippen LogP contribution in [0.1, 0.15) is 12.8 Å². The molecular weight excluding hydrogens is 260 g/mol. The van der Waals surface area contributed by atoms with Crippen molar-refractivity contribution in [2.45, 2.75) is 18.9 Å². The quantitative estimate of drug-likeness (QED) is 0.781. The molecule has 3 rings (SSSR count). The average Bonchev–Trinajstić information content (AvgIpc) is 2.58. The second kappa shape index (κ2) is 4.18. The minimum atomic E-state index is -0.405. The summed E-state index contributed by atoms with van der Waals surface area (Å²) in [5.41, 5.74) is 0.651. The van der Waals surface area contributed by atoms with Crippen LogP contribution < -0.4 is 5.32 Å². The van der Waals surface area contributed by atoms with E-state index >= 15 is 0 Å². The molecule has 1 aromatic carbocycles. The maximum atomic E-state index is 13.0. The lowest BCUT2D eigenvalue weighted by atomic mass is 9.71. The lowest BCUT2D eigenvalue weighted by Gasteiger charge is -2.41. The topological polar surface area (TPSA) is 12.0 Å². The molecule has 2 aliphatic rings. The molecule has 17 heavy (non-hydrogen) atoms. The van der Waals surface area contributed by atoms with Gasteiger partial charge < -0.3 is 5.32 Å². The highest BCUT2D eigenvalue weighted by Gasteiger charge is 2.41. The molecule has 0 heterocycles. The molecule has 90 valence electrons. The van der Waals surface area contributed by atoms with Crippen molar-refractivity contribution in [3.05, 3.63) is 40.1 Å². The molecule has 0 amide bonds. The van der Waals surface area contributed by atoms with Crippen molar-refractivity contribution in [2.24, 2.45) is 11.8 Å². The summed E-state index contributed by atoms with van der Waals surface area (Å²) in [5, 5.41) is 4.03. The molecule has 1 fully saturated rings. The number of allylic oxidation sites excluding steroid dienone is 1. The van der Waals surface area contributed by atoms with Crippen LogP contribution in [0.25, 0.3) is 0 Å². The molecule has 3 unspecified atom stereocenters. The normalized spacial score (nSPS) is 29.9. The van der Waals surface area contributed by atoms with Crippen LogP contribution in [0, 0.1) is 17.7 Å². The maximum absolute atomic E-state index is 13.0. The van der Waals surface area contributed by atoms with Crippen molar-refractivity contribution in [1.29, 1.82) is 0 Å². The third kappa shape index (κ3) is 1.94. The first-order valence-electron chi connectivity index (χ1n) is 5.73. The Morgan fingerprint density at radius 2 is 1.94 bits per heavy atom. The Balaban J connectivity index is 1.79. The van der Waals surface area contributed by atoms with E-state index < -0.39 is 5.82 Å². The van der Waals surface area contributed by atoms with Gasteiger partial charge in [0, 0.05) is 12.0 Å². The van der Waals surface area contributed by atoms with Gasteiger partial charge >= 0.3 is 0 Å². The van der Waals surface area contributed by atoms with Gasteiger partial charge in [-0.25, -0.2) is 4.39 Å². The van der Waals surface area contributed by atoms with Crippen molar-refractivity contribution in [1.82, 2.24) is 0 Å². The van der Waals surface area contributed by atoms with Crippen molar-refractivity contribution in [3.8, 4) is 0 Å². The molecule has 1 N–H and O–H groups in total. The third-order valence-corrected chi connectivity index (χ3v) is 4.30. The Kier molecular flexibility index (Phi) is 2.80. The Labute approximate surface area is 110 Å². The Bertz CT molecular complexity index is 463. The lowest BCUT2D eigenvalue weighted by Crippen LogP contribution is -2.43. The van der Waals surface area contributed by atoms with Crippen molar-refractivity contribution < 1.29 is 4.39 Å². The van der Waals surface area contributed by atoms with Crippen molar-refractivity contribution in [2.75, 3.05) is 5.32 Å². The predicted octanol–water partition coefficient (Wildman–Crippen LogP) is 4.51. The van der Waals surface area contributed by atoms with Crippen molar-refractivity contribution in [3.63, 3.8) is 0 Å². The minimum absolute atomic E-state index is 0.348. The molecule has 0 aromatic heterocycles. The Hall–Kier alpha value is -0.730. The number of benzene rings is 1. The number of hydrogen-bond donors (Lipinski definition) is 1. The standard InChI is InChI=1S/C13H12Cl2FN/c14-10-5-8(16)6-11(15)13(10)17-12-4-7-2-1-3-9(7)12/h1,3,5-7,9,12,17H,2,4H2. The molecule has 0 radical (unpaired) electrons. The molecule has 1 saturated carbocycles. The molecule has 1 nitrogen and oxygen atoms in total. The van der Waals surface area contributed by atoms with E-state index in [1.807, 2.05) is 0 Å². The van der Waals surface area contributed by atoms with E-state index in [9.17, 15) is 4.39 Å². The molecule has 0 saturated heterocycles. The van der Waals surface area contributed by atoms with Gasteiger partial charge in [0.25, 0.3) is 0 Å². The van der Waals surface area contributed by atoms with E-state index in [1.165, 1.54) is 18.6 Å². The highest BCUT2D eigenvalue weighted by Crippen LogP contribution is 2.45. The largest absolute Gasteiger partial charge is 0.379 e. The smallest absolute Gasteiger partial charge is 0.126 e. The minimum Gasteiger partial charge on any atom is -0.379 e. The molecular formula is C13H12Cl2FN. The highest BCUT2D eigenvalue weighted by molar-refractivity contribution is 6.39. The third-order valence-electron chi connectivity index (χ3n) is 3.70. The number of halogens is 3. The molecule has 0 spiro atoms.